The van der Waals surface area contributed by atoms with Gasteiger partial charge in [0.1, 0.15) is 0 Å². The fourth-order valence-electron chi connectivity index (χ4n) is 3.47. The molecule has 4 nitrogen and oxygen atoms in total. The Morgan fingerprint density at radius 2 is 1.46 bits per heavy atom. The summed E-state index contributed by atoms with van der Waals surface area (Å²) in [4.78, 5) is 6.49. The molecule has 3 aromatic rings. The van der Waals surface area contributed by atoms with E-state index in [1.807, 2.05) is 53.4 Å². The largest absolute Gasteiger partial charge is 0.379 e. The van der Waals surface area contributed by atoms with E-state index in [-0.39, 0.29) is 0 Å². The van der Waals surface area contributed by atoms with Crippen molar-refractivity contribution in [3.05, 3.63) is 90.3 Å². The first-order valence-electron chi connectivity index (χ1n) is 8.91. The summed E-state index contributed by atoms with van der Waals surface area (Å²) >= 11 is 0. The second-order valence-corrected chi connectivity index (χ2v) is 6.43. The molecule has 132 valence electrons. The lowest BCUT2D eigenvalue weighted by Crippen LogP contribution is -2.52. The van der Waals surface area contributed by atoms with Crippen LogP contribution in [0.5, 0.6) is 0 Å². The van der Waals surface area contributed by atoms with Gasteiger partial charge in [-0.15, -0.1) is 0 Å². The molecule has 0 radical (unpaired) electrons. The first kappa shape index (κ1) is 16.9. The molecular formula is C22H22N2O2. The third kappa shape index (κ3) is 3.15. The summed E-state index contributed by atoms with van der Waals surface area (Å²) in [6.07, 6.45) is 1.72. The third-order valence-corrected chi connectivity index (χ3v) is 4.89. The average Bonchev–Trinajstić information content (AvgIpc) is 2.75. The summed E-state index contributed by atoms with van der Waals surface area (Å²) in [6.45, 7) is 2.54. The molecule has 0 saturated carbocycles. The van der Waals surface area contributed by atoms with Gasteiger partial charge in [-0.2, -0.15) is 0 Å². The molecule has 1 saturated heterocycles. The molecule has 0 aliphatic carbocycles. The molecule has 1 atom stereocenters. The Morgan fingerprint density at radius 1 is 0.808 bits per heavy atom. The van der Waals surface area contributed by atoms with Crippen LogP contribution in [0.25, 0.3) is 11.1 Å². The standard InChI is InChI=1S/C22H22N2O2/c25-22(21-8-4-5-13-23-21,24-14-16-26-17-15-24)20-11-9-19(10-12-20)18-6-2-1-3-7-18/h1-13,25H,14-17H2. The molecule has 1 aliphatic rings. The Labute approximate surface area is 153 Å². The fourth-order valence-corrected chi connectivity index (χ4v) is 3.47. The zero-order valence-electron chi connectivity index (χ0n) is 14.6. The Bertz CT molecular complexity index is 831. The highest BCUT2D eigenvalue weighted by molar-refractivity contribution is 5.63. The summed E-state index contributed by atoms with van der Waals surface area (Å²) in [5.41, 5.74) is 2.47. The second kappa shape index (κ2) is 7.38. The summed E-state index contributed by atoms with van der Waals surface area (Å²) in [7, 11) is 0. The molecule has 1 aromatic heterocycles. The van der Waals surface area contributed by atoms with E-state index >= 15 is 0 Å². The Kier molecular flexibility index (Phi) is 4.80. The first-order chi connectivity index (χ1) is 12.8. The molecule has 4 rings (SSSR count). The second-order valence-electron chi connectivity index (χ2n) is 6.43. The van der Waals surface area contributed by atoms with Crippen molar-refractivity contribution in [1.29, 1.82) is 0 Å². The zero-order chi connectivity index (χ0) is 17.8. The van der Waals surface area contributed by atoms with Crippen LogP contribution in [-0.4, -0.2) is 41.3 Å². The lowest BCUT2D eigenvalue weighted by molar-refractivity contribution is -0.122. The van der Waals surface area contributed by atoms with Crippen LogP contribution >= 0.6 is 0 Å². The topological polar surface area (TPSA) is 45.6 Å². The van der Waals surface area contributed by atoms with E-state index in [1.165, 1.54) is 0 Å². The van der Waals surface area contributed by atoms with Crippen molar-refractivity contribution in [2.45, 2.75) is 5.72 Å². The molecule has 0 amide bonds. The van der Waals surface area contributed by atoms with Crippen LogP contribution < -0.4 is 0 Å². The van der Waals surface area contributed by atoms with Crippen LogP contribution in [0, 0.1) is 0 Å². The molecule has 1 N–H and O–H groups in total. The number of ether oxygens (including phenoxy) is 1. The number of aliphatic hydroxyl groups is 1. The van der Waals surface area contributed by atoms with Gasteiger partial charge in [-0.05, 0) is 23.3 Å². The fraction of sp³-hybridized carbons (Fsp3) is 0.227. The van der Waals surface area contributed by atoms with Gasteiger partial charge in [0.25, 0.3) is 0 Å². The van der Waals surface area contributed by atoms with E-state index in [0.717, 1.165) is 16.7 Å². The molecular weight excluding hydrogens is 324 g/mol. The minimum absolute atomic E-state index is 0.608. The van der Waals surface area contributed by atoms with Gasteiger partial charge >= 0.3 is 0 Å². The van der Waals surface area contributed by atoms with E-state index in [2.05, 4.69) is 29.2 Å². The molecule has 2 aromatic carbocycles. The molecule has 0 bridgehead atoms. The lowest BCUT2D eigenvalue weighted by Gasteiger charge is -2.41. The van der Waals surface area contributed by atoms with Crippen LogP contribution in [0.1, 0.15) is 11.3 Å². The van der Waals surface area contributed by atoms with Gasteiger partial charge in [-0.1, -0.05) is 60.7 Å². The van der Waals surface area contributed by atoms with Crippen molar-refractivity contribution in [2.75, 3.05) is 26.3 Å². The first-order valence-corrected chi connectivity index (χ1v) is 8.91. The van der Waals surface area contributed by atoms with Crippen molar-refractivity contribution < 1.29 is 9.84 Å². The van der Waals surface area contributed by atoms with Crippen molar-refractivity contribution in [2.24, 2.45) is 0 Å². The van der Waals surface area contributed by atoms with E-state index in [1.54, 1.807) is 6.20 Å². The van der Waals surface area contributed by atoms with Crippen molar-refractivity contribution in [1.82, 2.24) is 9.88 Å². The predicted molar refractivity (Wildman–Crippen MR) is 102 cm³/mol. The van der Waals surface area contributed by atoms with Gasteiger partial charge in [-0.25, -0.2) is 0 Å². The summed E-state index contributed by atoms with van der Waals surface area (Å²) < 4.78 is 5.47. The van der Waals surface area contributed by atoms with E-state index in [9.17, 15) is 5.11 Å². The SMILES string of the molecule is OC(c1ccc(-c2ccccc2)cc1)(c1ccccn1)N1CCOCC1. The molecule has 0 spiro atoms. The van der Waals surface area contributed by atoms with Crippen LogP contribution in [0.4, 0.5) is 0 Å². The summed E-state index contributed by atoms with van der Waals surface area (Å²) in [5, 5.41) is 11.7. The van der Waals surface area contributed by atoms with Crippen LogP contribution in [0.3, 0.4) is 0 Å². The van der Waals surface area contributed by atoms with Gasteiger partial charge in [-0.3, -0.25) is 9.88 Å². The maximum Gasteiger partial charge on any atom is 0.188 e. The summed E-state index contributed by atoms with van der Waals surface area (Å²) in [6, 6.07) is 24.0. The van der Waals surface area contributed by atoms with E-state index < -0.39 is 5.72 Å². The number of aromatic nitrogens is 1. The van der Waals surface area contributed by atoms with Crippen molar-refractivity contribution >= 4 is 0 Å². The van der Waals surface area contributed by atoms with Crippen molar-refractivity contribution in [3.8, 4) is 11.1 Å². The minimum atomic E-state index is -1.26. The van der Waals surface area contributed by atoms with E-state index in [0.29, 0.717) is 32.0 Å². The number of pyridine rings is 1. The Morgan fingerprint density at radius 3 is 2.12 bits per heavy atom. The molecule has 1 aliphatic heterocycles. The smallest absolute Gasteiger partial charge is 0.188 e. The highest BCUT2D eigenvalue weighted by Crippen LogP contribution is 2.34. The molecule has 1 unspecified atom stereocenters. The number of nitrogens with zero attached hydrogens (tertiary/aromatic N) is 2. The number of rotatable bonds is 4. The number of hydrogen-bond donors (Lipinski definition) is 1. The monoisotopic (exact) mass is 346 g/mol. The highest BCUT2D eigenvalue weighted by atomic mass is 16.5. The number of hydrogen-bond acceptors (Lipinski definition) is 4. The van der Waals surface area contributed by atoms with Gasteiger partial charge < -0.3 is 9.84 Å². The molecule has 1 fully saturated rings. The normalized spacial score (nSPS) is 17.6. The predicted octanol–water partition coefficient (Wildman–Crippen LogP) is 3.27. The molecule has 4 heteroatoms. The van der Waals surface area contributed by atoms with Crippen LogP contribution in [0.2, 0.25) is 0 Å². The van der Waals surface area contributed by atoms with Gasteiger partial charge in [0, 0.05) is 24.8 Å². The molecule has 26 heavy (non-hydrogen) atoms. The average molecular weight is 346 g/mol. The molecule has 2 heterocycles. The Hall–Kier alpha value is -2.53. The minimum Gasteiger partial charge on any atom is -0.379 e. The van der Waals surface area contributed by atoms with Gasteiger partial charge in [0.05, 0.1) is 18.9 Å². The lowest BCUT2D eigenvalue weighted by atomic mass is 9.94. The maximum absolute atomic E-state index is 11.7. The Balaban J connectivity index is 1.74. The number of benzene rings is 2. The van der Waals surface area contributed by atoms with E-state index in [4.69, 9.17) is 4.74 Å². The quantitative estimate of drug-likeness (QED) is 0.787. The maximum atomic E-state index is 11.7. The van der Waals surface area contributed by atoms with Crippen molar-refractivity contribution in [3.63, 3.8) is 0 Å². The van der Waals surface area contributed by atoms with Gasteiger partial charge in [0.15, 0.2) is 5.72 Å². The van der Waals surface area contributed by atoms with Crippen LogP contribution in [-0.2, 0) is 10.5 Å². The zero-order valence-corrected chi connectivity index (χ0v) is 14.6. The van der Waals surface area contributed by atoms with Gasteiger partial charge in [0.2, 0.25) is 0 Å². The third-order valence-electron chi connectivity index (χ3n) is 4.89. The van der Waals surface area contributed by atoms with Crippen LogP contribution in [0.15, 0.2) is 79.0 Å². The summed E-state index contributed by atoms with van der Waals surface area (Å²) in [5.74, 6) is 0. The highest BCUT2D eigenvalue weighted by Gasteiger charge is 2.40. The number of morpholine rings is 1.